The molecule has 0 aromatic heterocycles. The average Bonchev–Trinajstić information content (AvgIpc) is 2.71. The number of carbonyl (C=O) groups excluding carboxylic acids is 1. The Morgan fingerprint density at radius 1 is 1.00 bits per heavy atom. The molecule has 2 N–H and O–H groups in total. The number of carbonyl (C=O) groups is 1. The molecule has 0 saturated carbocycles. The Kier molecular flexibility index (Phi) is 7.06. The van der Waals surface area contributed by atoms with Crippen LogP contribution in [0.3, 0.4) is 0 Å². The zero-order valence-electron chi connectivity index (χ0n) is 17.7. The second-order valence-electron chi connectivity index (χ2n) is 7.32. The van der Waals surface area contributed by atoms with Gasteiger partial charge in [0.05, 0.1) is 9.92 Å². The summed E-state index contributed by atoms with van der Waals surface area (Å²) in [5, 5.41) is 2.85. The highest BCUT2D eigenvalue weighted by atomic mass is 35.5. The van der Waals surface area contributed by atoms with Gasteiger partial charge < -0.3 is 10.1 Å². The van der Waals surface area contributed by atoms with Crippen molar-refractivity contribution in [1.29, 1.82) is 0 Å². The van der Waals surface area contributed by atoms with Gasteiger partial charge in [0.1, 0.15) is 11.6 Å². The van der Waals surface area contributed by atoms with Gasteiger partial charge in [-0.1, -0.05) is 29.3 Å². The lowest BCUT2D eigenvalue weighted by atomic mass is 10.1. The van der Waals surface area contributed by atoms with Crippen LogP contribution < -0.4 is 14.8 Å². The zero-order chi connectivity index (χ0) is 23.5. The first-order chi connectivity index (χ1) is 15.0. The summed E-state index contributed by atoms with van der Waals surface area (Å²) < 4.78 is 45.9. The first-order valence-electron chi connectivity index (χ1n) is 9.63. The van der Waals surface area contributed by atoms with E-state index in [1.54, 1.807) is 0 Å². The number of aryl methyl sites for hydroxylation is 3. The van der Waals surface area contributed by atoms with E-state index in [9.17, 15) is 17.6 Å². The van der Waals surface area contributed by atoms with Crippen LogP contribution in [0.15, 0.2) is 59.5 Å². The van der Waals surface area contributed by atoms with Crippen molar-refractivity contribution in [2.45, 2.75) is 25.7 Å². The van der Waals surface area contributed by atoms with Crippen molar-refractivity contribution in [2.75, 3.05) is 16.6 Å². The van der Waals surface area contributed by atoms with Gasteiger partial charge in [0, 0.05) is 11.4 Å². The van der Waals surface area contributed by atoms with Gasteiger partial charge in [-0.15, -0.1) is 0 Å². The maximum Gasteiger partial charge on any atom is 0.262 e. The predicted molar refractivity (Wildman–Crippen MR) is 123 cm³/mol. The minimum atomic E-state index is -3.94. The number of nitrogens with one attached hydrogen (secondary N) is 2. The maximum atomic E-state index is 13.0. The third kappa shape index (κ3) is 5.77. The fourth-order valence-electron chi connectivity index (χ4n) is 3.19. The van der Waals surface area contributed by atoms with Crippen LogP contribution >= 0.6 is 11.6 Å². The van der Waals surface area contributed by atoms with Crippen LogP contribution in [0.1, 0.15) is 16.7 Å². The minimum Gasteiger partial charge on any atom is -0.482 e. The first kappa shape index (κ1) is 23.6. The number of rotatable bonds is 7. The number of hydrogen-bond acceptors (Lipinski definition) is 4. The summed E-state index contributed by atoms with van der Waals surface area (Å²) in [4.78, 5) is 12.2. The number of sulfonamides is 1. The normalized spacial score (nSPS) is 11.2. The molecule has 0 radical (unpaired) electrons. The van der Waals surface area contributed by atoms with Gasteiger partial charge in [-0.3, -0.25) is 9.52 Å². The third-order valence-corrected chi connectivity index (χ3v) is 6.28. The van der Waals surface area contributed by atoms with Crippen molar-refractivity contribution in [3.8, 4) is 5.75 Å². The predicted octanol–water partition coefficient (Wildman–Crippen LogP) is 5.22. The van der Waals surface area contributed by atoms with Gasteiger partial charge in [0.25, 0.3) is 15.9 Å². The maximum absolute atomic E-state index is 13.0. The van der Waals surface area contributed by atoms with E-state index in [1.807, 2.05) is 32.9 Å². The summed E-state index contributed by atoms with van der Waals surface area (Å²) in [6, 6.07) is 12.7. The molecule has 0 atom stereocenters. The molecule has 0 bridgehead atoms. The van der Waals surface area contributed by atoms with E-state index in [-0.39, 0.29) is 33.9 Å². The molecule has 0 aliphatic carbocycles. The molecule has 0 aliphatic rings. The molecule has 0 heterocycles. The summed E-state index contributed by atoms with van der Waals surface area (Å²) in [5.74, 6) is -0.681. The Labute approximate surface area is 191 Å². The minimum absolute atomic E-state index is 0.0301. The van der Waals surface area contributed by atoms with Crippen LogP contribution in [0, 0.1) is 26.6 Å². The Morgan fingerprint density at radius 2 is 1.62 bits per heavy atom. The molecule has 6 nitrogen and oxygen atoms in total. The van der Waals surface area contributed by atoms with Gasteiger partial charge in [-0.2, -0.15) is 0 Å². The fraction of sp³-hybridized carbons (Fsp3) is 0.174. The second-order valence-corrected chi connectivity index (χ2v) is 9.40. The molecule has 0 unspecified atom stereocenters. The molecular formula is C23H22ClFN2O4S. The van der Waals surface area contributed by atoms with E-state index < -0.39 is 15.8 Å². The molecule has 0 fully saturated rings. The number of benzene rings is 3. The highest BCUT2D eigenvalue weighted by Gasteiger charge is 2.17. The third-order valence-electron chi connectivity index (χ3n) is 4.61. The SMILES string of the molecule is Cc1cc(C)c(NC(=O)COc2ccc(S(=O)(=O)Nc3ccc(F)cc3)cc2Cl)c(C)c1. The molecule has 0 aliphatic heterocycles. The highest BCUT2D eigenvalue weighted by molar-refractivity contribution is 7.92. The topological polar surface area (TPSA) is 84.5 Å². The second kappa shape index (κ2) is 9.58. The van der Waals surface area contributed by atoms with E-state index in [1.165, 1.54) is 30.3 Å². The van der Waals surface area contributed by atoms with Crippen LogP contribution in [-0.4, -0.2) is 20.9 Å². The fourth-order valence-corrected chi connectivity index (χ4v) is 4.58. The number of ether oxygens (including phenoxy) is 1. The summed E-state index contributed by atoms with van der Waals surface area (Å²) >= 11 is 6.17. The first-order valence-corrected chi connectivity index (χ1v) is 11.5. The van der Waals surface area contributed by atoms with Crippen molar-refractivity contribution in [1.82, 2.24) is 0 Å². The molecule has 9 heteroatoms. The molecule has 1 amide bonds. The van der Waals surface area contributed by atoms with Crippen molar-refractivity contribution in [3.63, 3.8) is 0 Å². The smallest absolute Gasteiger partial charge is 0.262 e. The summed E-state index contributed by atoms with van der Waals surface area (Å²) in [5.41, 5.74) is 3.92. The van der Waals surface area contributed by atoms with Crippen LogP contribution in [0.5, 0.6) is 5.75 Å². The lowest BCUT2D eigenvalue weighted by molar-refractivity contribution is -0.118. The molecule has 32 heavy (non-hydrogen) atoms. The Balaban J connectivity index is 1.66. The van der Waals surface area contributed by atoms with Gasteiger partial charge in [0.15, 0.2) is 6.61 Å². The van der Waals surface area contributed by atoms with Gasteiger partial charge in [-0.05, 0) is 74.4 Å². The van der Waals surface area contributed by atoms with Crippen molar-refractivity contribution < 1.29 is 22.3 Å². The van der Waals surface area contributed by atoms with Crippen molar-refractivity contribution in [3.05, 3.63) is 82.1 Å². The van der Waals surface area contributed by atoms with E-state index in [0.29, 0.717) is 0 Å². The Morgan fingerprint density at radius 3 is 2.22 bits per heavy atom. The molecule has 0 saturated heterocycles. The molecule has 3 aromatic rings. The summed E-state index contributed by atoms with van der Waals surface area (Å²) in [6.07, 6.45) is 0. The quantitative estimate of drug-likeness (QED) is 0.489. The van der Waals surface area contributed by atoms with E-state index >= 15 is 0 Å². The summed E-state index contributed by atoms with van der Waals surface area (Å²) in [6.45, 7) is 5.50. The van der Waals surface area contributed by atoms with Crippen LogP contribution in [-0.2, 0) is 14.8 Å². The van der Waals surface area contributed by atoms with Gasteiger partial charge in [-0.25, -0.2) is 12.8 Å². The monoisotopic (exact) mass is 476 g/mol. The van der Waals surface area contributed by atoms with Gasteiger partial charge in [0.2, 0.25) is 0 Å². The molecule has 3 aromatic carbocycles. The Bertz CT molecular complexity index is 1240. The van der Waals surface area contributed by atoms with E-state index in [0.717, 1.165) is 34.5 Å². The van der Waals surface area contributed by atoms with Gasteiger partial charge >= 0.3 is 0 Å². The standard InChI is InChI=1S/C23H22ClFN2O4S/c1-14-10-15(2)23(16(3)11-14)26-22(28)13-31-21-9-8-19(12-20(21)24)32(29,30)27-18-6-4-17(25)5-7-18/h4-12,27H,13H2,1-3H3,(H,26,28). The number of halogens is 2. The Hall–Kier alpha value is -3.10. The van der Waals surface area contributed by atoms with Crippen LogP contribution in [0.4, 0.5) is 15.8 Å². The average molecular weight is 477 g/mol. The number of hydrogen-bond donors (Lipinski definition) is 2. The lowest BCUT2D eigenvalue weighted by Crippen LogP contribution is -2.21. The van der Waals surface area contributed by atoms with Crippen LogP contribution in [0.25, 0.3) is 0 Å². The molecule has 3 rings (SSSR count). The number of amides is 1. The molecular weight excluding hydrogens is 455 g/mol. The highest BCUT2D eigenvalue weighted by Crippen LogP contribution is 2.28. The van der Waals surface area contributed by atoms with E-state index in [4.69, 9.17) is 16.3 Å². The molecule has 168 valence electrons. The number of anilines is 2. The van der Waals surface area contributed by atoms with Crippen LogP contribution in [0.2, 0.25) is 5.02 Å². The van der Waals surface area contributed by atoms with Crippen molar-refractivity contribution >= 4 is 38.9 Å². The lowest BCUT2D eigenvalue weighted by Gasteiger charge is -2.14. The summed E-state index contributed by atoms with van der Waals surface area (Å²) in [7, 11) is -3.94. The van der Waals surface area contributed by atoms with Crippen molar-refractivity contribution in [2.24, 2.45) is 0 Å². The largest absolute Gasteiger partial charge is 0.482 e. The zero-order valence-corrected chi connectivity index (χ0v) is 19.3. The molecule has 0 spiro atoms. The van der Waals surface area contributed by atoms with E-state index in [2.05, 4.69) is 10.0 Å².